The molecule has 0 bridgehead atoms. The van der Waals surface area contributed by atoms with E-state index in [0.29, 0.717) is 23.8 Å². The molecular formula is C33H34ClN3O2. The summed E-state index contributed by atoms with van der Waals surface area (Å²) < 4.78 is 2.06. The molecule has 200 valence electrons. The second kappa shape index (κ2) is 10.5. The Labute approximate surface area is 234 Å². The van der Waals surface area contributed by atoms with Gasteiger partial charge >= 0.3 is 0 Å². The highest BCUT2D eigenvalue weighted by Gasteiger charge is 2.52. The summed E-state index contributed by atoms with van der Waals surface area (Å²) in [4.78, 5) is 31.0. The average molecular weight is 540 g/mol. The highest BCUT2D eigenvalue weighted by atomic mass is 35.5. The molecule has 1 N–H and O–H groups in total. The fourth-order valence-corrected chi connectivity index (χ4v) is 6.46. The summed E-state index contributed by atoms with van der Waals surface area (Å²) in [7, 11) is 0. The van der Waals surface area contributed by atoms with E-state index in [-0.39, 0.29) is 17.9 Å². The summed E-state index contributed by atoms with van der Waals surface area (Å²) in [6, 6.07) is 25.7. The number of aromatic nitrogens is 1. The summed E-state index contributed by atoms with van der Waals surface area (Å²) in [6.07, 6.45) is 6.58. The maximum Gasteiger partial charge on any atom is 0.272 e. The molecule has 2 aliphatic rings. The second-order valence-electron chi connectivity index (χ2n) is 11.1. The van der Waals surface area contributed by atoms with Crippen LogP contribution in [-0.4, -0.2) is 27.3 Å². The number of halogens is 1. The fraction of sp³-hybridized carbons (Fsp3) is 0.333. The Balaban J connectivity index is 1.53. The quantitative estimate of drug-likeness (QED) is 0.278. The first-order valence-corrected chi connectivity index (χ1v) is 14.4. The smallest absolute Gasteiger partial charge is 0.272 e. The van der Waals surface area contributed by atoms with Gasteiger partial charge in [-0.15, -0.1) is 0 Å². The average Bonchev–Trinajstić information content (AvgIpc) is 3.10. The zero-order valence-corrected chi connectivity index (χ0v) is 23.1. The van der Waals surface area contributed by atoms with Crippen LogP contribution in [0.25, 0.3) is 10.9 Å². The van der Waals surface area contributed by atoms with E-state index in [1.807, 2.05) is 60.7 Å². The molecule has 0 radical (unpaired) electrons. The fourth-order valence-electron chi connectivity index (χ4n) is 6.33. The molecular weight excluding hydrogens is 506 g/mol. The van der Waals surface area contributed by atoms with Gasteiger partial charge in [-0.05, 0) is 60.7 Å². The van der Waals surface area contributed by atoms with Crippen LogP contribution >= 0.6 is 11.6 Å². The third-order valence-electron chi connectivity index (χ3n) is 8.44. The van der Waals surface area contributed by atoms with Crippen LogP contribution in [0.3, 0.4) is 0 Å². The molecule has 0 spiro atoms. The van der Waals surface area contributed by atoms with Crippen molar-refractivity contribution in [1.82, 2.24) is 14.8 Å². The molecule has 1 saturated carbocycles. The van der Waals surface area contributed by atoms with E-state index in [9.17, 15) is 9.59 Å². The van der Waals surface area contributed by atoms with Gasteiger partial charge in [0.2, 0.25) is 0 Å². The van der Waals surface area contributed by atoms with Crippen molar-refractivity contribution in [3.63, 3.8) is 0 Å². The van der Waals surface area contributed by atoms with Gasteiger partial charge < -0.3 is 14.8 Å². The third kappa shape index (κ3) is 4.74. The first-order valence-electron chi connectivity index (χ1n) is 14.0. The van der Waals surface area contributed by atoms with Crippen molar-refractivity contribution in [2.45, 2.75) is 70.1 Å². The largest absolute Gasteiger partial charge is 0.351 e. The minimum absolute atomic E-state index is 0.108. The number of benzene rings is 3. The van der Waals surface area contributed by atoms with E-state index in [4.69, 9.17) is 11.6 Å². The molecule has 4 aromatic rings. The van der Waals surface area contributed by atoms with Crippen LogP contribution in [-0.2, 0) is 23.4 Å². The third-order valence-corrected chi connectivity index (χ3v) is 8.70. The highest BCUT2D eigenvalue weighted by Crippen LogP contribution is 2.41. The molecule has 6 heteroatoms. The van der Waals surface area contributed by atoms with Crippen LogP contribution in [0.15, 0.2) is 78.9 Å². The number of aryl methyl sites for hydroxylation is 1. The van der Waals surface area contributed by atoms with Gasteiger partial charge in [-0.3, -0.25) is 9.59 Å². The van der Waals surface area contributed by atoms with Gasteiger partial charge in [-0.25, -0.2) is 0 Å². The highest BCUT2D eigenvalue weighted by molar-refractivity contribution is 6.30. The lowest BCUT2D eigenvalue weighted by atomic mass is 9.83. The van der Waals surface area contributed by atoms with Gasteiger partial charge in [0.05, 0.1) is 6.54 Å². The second-order valence-corrected chi connectivity index (χ2v) is 11.5. The Kier molecular flexibility index (Phi) is 6.94. The number of rotatable bonds is 5. The van der Waals surface area contributed by atoms with Crippen LogP contribution in [0.5, 0.6) is 0 Å². The lowest BCUT2D eigenvalue weighted by molar-refractivity contribution is -0.136. The van der Waals surface area contributed by atoms with Crippen molar-refractivity contribution in [3.8, 4) is 0 Å². The molecule has 1 atom stereocenters. The van der Waals surface area contributed by atoms with Crippen molar-refractivity contribution < 1.29 is 9.59 Å². The summed E-state index contributed by atoms with van der Waals surface area (Å²) in [5.74, 6) is -0.256. The number of carbonyl (C=O) groups excluding carboxylic acids is 2. The van der Waals surface area contributed by atoms with E-state index >= 15 is 0 Å². The summed E-state index contributed by atoms with van der Waals surface area (Å²) >= 11 is 6.18. The van der Waals surface area contributed by atoms with Gasteiger partial charge in [-0.2, -0.15) is 0 Å². The van der Waals surface area contributed by atoms with Crippen LogP contribution in [0.1, 0.15) is 65.7 Å². The lowest BCUT2D eigenvalue weighted by Gasteiger charge is -2.47. The van der Waals surface area contributed by atoms with Crippen molar-refractivity contribution >= 4 is 34.3 Å². The Hall–Kier alpha value is -3.57. The Morgan fingerprint density at radius 1 is 0.949 bits per heavy atom. The Morgan fingerprint density at radius 2 is 1.67 bits per heavy atom. The molecule has 5 nitrogen and oxygen atoms in total. The first kappa shape index (κ1) is 25.7. The number of hydrogen-bond acceptors (Lipinski definition) is 2. The van der Waals surface area contributed by atoms with Crippen molar-refractivity contribution in [2.75, 3.05) is 0 Å². The van der Waals surface area contributed by atoms with Crippen molar-refractivity contribution in [2.24, 2.45) is 0 Å². The van der Waals surface area contributed by atoms with Crippen molar-refractivity contribution in [3.05, 3.63) is 106 Å². The normalized spacial score (nSPS) is 20.1. The first-order chi connectivity index (χ1) is 19.0. The molecule has 3 aromatic carbocycles. The molecule has 0 saturated heterocycles. The predicted octanol–water partition coefficient (Wildman–Crippen LogP) is 6.99. The molecule has 2 amide bonds. The van der Waals surface area contributed by atoms with Crippen LogP contribution in [0.2, 0.25) is 5.02 Å². The number of fused-ring (bicyclic) bond motifs is 3. The predicted molar refractivity (Wildman–Crippen MR) is 156 cm³/mol. The monoisotopic (exact) mass is 539 g/mol. The van der Waals surface area contributed by atoms with Crippen LogP contribution in [0.4, 0.5) is 0 Å². The van der Waals surface area contributed by atoms with Gasteiger partial charge in [0.25, 0.3) is 11.8 Å². The van der Waals surface area contributed by atoms with Gasteiger partial charge in [0.15, 0.2) is 5.54 Å². The number of carbonyl (C=O) groups is 2. The number of nitrogens with one attached hydrogen (secondary N) is 1. The van der Waals surface area contributed by atoms with Gasteiger partial charge in [0, 0.05) is 28.5 Å². The lowest BCUT2D eigenvalue weighted by Crippen LogP contribution is -2.63. The van der Waals surface area contributed by atoms with E-state index < -0.39 is 5.54 Å². The molecule has 1 aliphatic carbocycles. The van der Waals surface area contributed by atoms with Gasteiger partial charge in [0.1, 0.15) is 5.69 Å². The topological polar surface area (TPSA) is 54.3 Å². The maximum absolute atomic E-state index is 14.7. The van der Waals surface area contributed by atoms with E-state index in [0.717, 1.165) is 53.3 Å². The van der Waals surface area contributed by atoms with Gasteiger partial charge in [-0.1, -0.05) is 91.9 Å². The van der Waals surface area contributed by atoms with E-state index in [2.05, 4.69) is 35.0 Å². The minimum atomic E-state index is -1.22. The van der Waals surface area contributed by atoms with E-state index in [1.165, 1.54) is 12.8 Å². The molecule has 6 rings (SSSR count). The standard InChI is InChI=1S/C33H34ClN3O2/c1-23-13-16-25-20-30-31(38)37(21-24-14-17-27(34)18-15-24)33(22-36(30)29(25)19-23,26-9-5-4-6-10-26)32(39)35-28-11-7-2-3-8-12-28/h4-6,9-10,13-20,28H,2-3,7-8,11-12,21-22H2,1H3,(H,35,39)/t33-/m0/s1. The molecule has 0 unspecified atom stereocenters. The number of nitrogens with zero attached hydrogens (tertiary/aromatic N) is 2. The minimum Gasteiger partial charge on any atom is -0.351 e. The molecule has 2 heterocycles. The van der Waals surface area contributed by atoms with Crippen molar-refractivity contribution in [1.29, 1.82) is 0 Å². The van der Waals surface area contributed by atoms with Crippen LogP contribution < -0.4 is 5.32 Å². The van der Waals surface area contributed by atoms with Crippen LogP contribution in [0, 0.1) is 6.92 Å². The van der Waals surface area contributed by atoms with E-state index in [1.54, 1.807) is 4.90 Å². The zero-order valence-electron chi connectivity index (χ0n) is 22.3. The molecule has 39 heavy (non-hydrogen) atoms. The molecule has 1 aromatic heterocycles. The summed E-state index contributed by atoms with van der Waals surface area (Å²) in [6.45, 7) is 2.70. The molecule has 1 fully saturated rings. The number of hydrogen-bond donors (Lipinski definition) is 1. The Bertz CT molecular complexity index is 1500. The summed E-state index contributed by atoms with van der Waals surface area (Å²) in [5.41, 5.74) is 3.24. The Morgan fingerprint density at radius 3 is 2.38 bits per heavy atom. The summed E-state index contributed by atoms with van der Waals surface area (Å²) in [5, 5.41) is 5.07. The zero-order chi connectivity index (χ0) is 27.0. The maximum atomic E-state index is 14.7. The molecule has 1 aliphatic heterocycles. The number of amides is 2. The SMILES string of the molecule is Cc1ccc2cc3n(c2c1)C[C@@](C(=O)NC1CCCCCC1)(c1ccccc1)N(Cc1ccc(Cl)cc1)C3=O.